The van der Waals surface area contributed by atoms with Crippen molar-refractivity contribution in [1.29, 1.82) is 0 Å². The number of aromatic amines is 2. The van der Waals surface area contributed by atoms with Gasteiger partial charge in [0.15, 0.2) is 0 Å². The number of hydrogen-bond acceptors (Lipinski definition) is 3. The van der Waals surface area contributed by atoms with Gasteiger partial charge in [0.1, 0.15) is 0 Å². The van der Waals surface area contributed by atoms with Crippen LogP contribution < -0.4 is 5.56 Å². The van der Waals surface area contributed by atoms with Gasteiger partial charge in [-0.2, -0.15) is 0 Å². The largest absolute Gasteiger partial charge is 0.393 e. The lowest BCUT2D eigenvalue weighted by Gasteiger charge is -2.64. The number of aliphatic hydroxyl groups excluding tert-OH is 2. The summed E-state index contributed by atoms with van der Waals surface area (Å²) in [5.41, 5.74) is 1.56. The Hall–Kier alpha value is -1.07. The topological polar surface area (TPSA) is 89.1 Å². The number of aromatic nitrogens is 2. The van der Waals surface area contributed by atoms with Crippen molar-refractivity contribution in [1.82, 2.24) is 10.2 Å². The van der Waals surface area contributed by atoms with Crippen LogP contribution in [0.4, 0.5) is 0 Å². The highest BCUT2D eigenvalue weighted by atomic mass is 16.3. The van der Waals surface area contributed by atoms with Gasteiger partial charge in [-0.25, -0.2) is 0 Å². The fraction of sp³-hybridized carbons (Fsp3) is 0.893. The summed E-state index contributed by atoms with van der Waals surface area (Å²) in [6.07, 6.45) is 10.7. The number of hydrogen-bond donors (Lipinski definition) is 4. The van der Waals surface area contributed by atoms with Crippen molar-refractivity contribution >= 4 is 0 Å². The van der Waals surface area contributed by atoms with Crippen LogP contribution in [-0.4, -0.2) is 32.6 Å². The molecule has 4 aliphatic rings. The molecule has 0 bridgehead atoms. The minimum Gasteiger partial charge on any atom is -0.393 e. The first-order chi connectivity index (χ1) is 15.7. The summed E-state index contributed by atoms with van der Waals surface area (Å²) in [7, 11) is 0. The highest BCUT2D eigenvalue weighted by Crippen LogP contribution is 2.69. The normalized spacial score (nSPS) is 48.1. The van der Waals surface area contributed by atoms with Crippen molar-refractivity contribution in [3.05, 3.63) is 22.1 Å². The lowest BCUT2D eigenvalue weighted by atomic mass is 9.41. The highest BCUT2D eigenvalue weighted by Gasteiger charge is 2.64. The molecule has 11 atom stereocenters. The summed E-state index contributed by atoms with van der Waals surface area (Å²) in [5, 5.41) is 28.0. The minimum atomic E-state index is -0.216. The smallest absolute Gasteiger partial charge is 0.264 e. The Labute approximate surface area is 199 Å². The van der Waals surface area contributed by atoms with Gasteiger partial charge in [-0.05, 0) is 110 Å². The Morgan fingerprint density at radius 3 is 2.45 bits per heavy atom. The van der Waals surface area contributed by atoms with E-state index in [-0.39, 0.29) is 23.2 Å². The molecule has 0 amide bonds. The van der Waals surface area contributed by atoms with Gasteiger partial charge in [0, 0.05) is 11.8 Å². The van der Waals surface area contributed by atoms with Gasteiger partial charge >= 0.3 is 0 Å². The van der Waals surface area contributed by atoms with E-state index >= 15 is 0 Å². The maximum absolute atomic E-state index is 11.8. The third-order valence-corrected chi connectivity index (χ3v) is 11.7. The number of aryl methyl sites for hydroxylation is 1. The van der Waals surface area contributed by atoms with E-state index in [1.54, 1.807) is 6.07 Å². The third kappa shape index (κ3) is 3.67. The molecule has 5 rings (SSSR count). The third-order valence-electron chi connectivity index (χ3n) is 11.7. The molecule has 4 aliphatic carbocycles. The monoisotopic (exact) mass is 458 g/mol. The summed E-state index contributed by atoms with van der Waals surface area (Å²) in [4.78, 5) is 11.5. The molecular weight excluding hydrogens is 412 g/mol. The zero-order valence-corrected chi connectivity index (χ0v) is 21.1. The average molecular weight is 459 g/mol. The van der Waals surface area contributed by atoms with Crippen LogP contribution in [0.5, 0.6) is 0 Å². The van der Waals surface area contributed by atoms with Crippen molar-refractivity contribution in [3.8, 4) is 0 Å². The molecule has 0 aliphatic heterocycles. The number of nitrogens with one attached hydrogen (secondary N) is 2. The van der Waals surface area contributed by atoms with Gasteiger partial charge in [-0.15, -0.1) is 0 Å². The fourth-order valence-electron chi connectivity index (χ4n) is 10.0. The van der Waals surface area contributed by atoms with Gasteiger partial charge in [-0.3, -0.25) is 9.89 Å². The predicted molar refractivity (Wildman–Crippen MR) is 131 cm³/mol. The Kier molecular flexibility index (Phi) is 6.13. The molecule has 1 heterocycles. The van der Waals surface area contributed by atoms with Crippen LogP contribution in [-0.2, 0) is 6.42 Å². The van der Waals surface area contributed by atoms with Crippen molar-refractivity contribution < 1.29 is 10.2 Å². The number of rotatable bonds is 5. The van der Waals surface area contributed by atoms with E-state index in [0.717, 1.165) is 44.2 Å². The van der Waals surface area contributed by atoms with Crippen LogP contribution in [0.15, 0.2) is 10.9 Å². The predicted octanol–water partition coefficient (Wildman–Crippen LogP) is 4.90. The molecule has 0 spiro atoms. The zero-order valence-electron chi connectivity index (χ0n) is 21.1. The molecule has 1 aromatic heterocycles. The Morgan fingerprint density at radius 2 is 1.76 bits per heavy atom. The molecule has 5 heteroatoms. The molecule has 1 aromatic rings. The van der Waals surface area contributed by atoms with E-state index in [4.69, 9.17) is 0 Å². The van der Waals surface area contributed by atoms with Gasteiger partial charge < -0.3 is 15.3 Å². The van der Waals surface area contributed by atoms with Gasteiger partial charge in [-0.1, -0.05) is 34.1 Å². The fourth-order valence-corrected chi connectivity index (χ4v) is 10.0. The molecule has 0 unspecified atom stereocenters. The van der Waals surface area contributed by atoms with E-state index in [1.165, 1.54) is 25.7 Å². The van der Waals surface area contributed by atoms with Crippen LogP contribution in [0.25, 0.3) is 0 Å². The molecule has 5 nitrogen and oxygen atoms in total. The maximum atomic E-state index is 11.8. The van der Waals surface area contributed by atoms with Crippen molar-refractivity contribution in [2.45, 2.75) is 104 Å². The molecule has 4 N–H and O–H groups in total. The zero-order chi connectivity index (χ0) is 23.5. The van der Waals surface area contributed by atoms with Crippen LogP contribution in [0.1, 0.15) is 91.2 Å². The standard InChI is InChI=1S/C28H46N2O3/c1-5-19-23-15-18(31)10-12-28(23,4)22-11-13-27(3)20(8-9-21(27)25(22)26(19)33)16(2)6-7-17-14-24(32)30-29-17/h14,16,18-23,25-26,31,33H,5-13,15H2,1-4H3,(H2,29,30,32)/t16-,18-,19-,20-,21+,22+,23+,25+,26-,27-,28-/m1/s1. The first kappa shape index (κ1) is 23.7. The van der Waals surface area contributed by atoms with Crippen molar-refractivity contribution in [2.75, 3.05) is 0 Å². The van der Waals surface area contributed by atoms with Crippen LogP contribution in [0.3, 0.4) is 0 Å². The lowest BCUT2D eigenvalue weighted by Crippen LogP contribution is -2.62. The molecule has 4 saturated carbocycles. The summed E-state index contributed by atoms with van der Waals surface area (Å²) in [6, 6.07) is 1.69. The SMILES string of the molecule is CC[C@H]1[C@@H](O)[C@@H]2[C@H](CC[C@]3(C)[C@@H]([C@H](C)CCc4cc(=O)[nH][nH]4)CC[C@@H]23)[C@@]2(C)CC[C@@H](O)C[C@@H]12. The molecule has 0 saturated heterocycles. The van der Waals surface area contributed by atoms with E-state index in [0.29, 0.717) is 46.8 Å². The summed E-state index contributed by atoms with van der Waals surface area (Å²) in [5.74, 6) is 3.74. The van der Waals surface area contributed by atoms with Crippen LogP contribution in [0, 0.1) is 52.3 Å². The molecule has 4 fully saturated rings. The van der Waals surface area contributed by atoms with Gasteiger partial charge in [0.25, 0.3) is 5.56 Å². The van der Waals surface area contributed by atoms with Crippen molar-refractivity contribution in [3.63, 3.8) is 0 Å². The van der Waals surface area contributed by atoms with Crippen molar-refractivity contribution in [2.24, 2.45) is 52.3 Å². The first-order valence-electron chi connectivity index (χ1n) is 13.8. The Balaban J connectivity index is 1.37. The first-order valence-corrected chi connectivity index (χ1v) is 13.8. The van der Waals surface area contributed by atoms with Crippen LogP contribution in [0.2, 0.25) is 0 Å². The second-order valence-electron chi connectivity index (χ2n) is 12.9. The molecular formula is C28H46N2O3. The van der Waals surface area contributed by atoms with E-state index in [2.05, 4.69) is 37.9 Å². The van der Waals surface area contributed by atoms with E-state index < -0.39 is 0 Å². The Bertz CT molecular complexity index is 894. The van der Waals surface area contributed by atoms with E-state index in [1.807, 2.05) is 0 Å². The summed E-state index contributed by atoms with van der Waals surface area (Å²) < 4.78 is 0. The number of aliphatic hydroxyl groups is 2. The average Bonchev–Trinajstić information content (AvgIpc) is 3.36. The maximum Gasteiger partial charge on any atom is 0.264 e. The second-order valence-corrected chi connectivity index (χ2v) is 12.9. The number of fused-ring (bicyclic) bond motifs is 5. The number of H-pyrrole nitrogens is 2. The summed E-state index contributed by atoms with van der Waals surface area (Å²) >= 11 is 0. The molecule has 186 valence electrons. The Morgan fingerprint density at radius 1 is 1.03 bits per heavy atom. The van der Waals surface area contributed by atoms with Gasteiger partial charge in [0.2, 0.25) is 0 Å². The minimum absolute atomic E-state index is 0.0392. The van der Waals surface area contributed by atoms with Crippen LogP contribution >= 0.6 is 0 Å². The summed E-state index contributed by atoms with van der Waals surface area (Å²) in [6.45, 7) is 9.74. The van der Waals surface area contributed by atoms with E-state index in [9.17, 15) is 15.0 Å². The molecule has 0 radical (unpaired) electrons. The van der Waals surface area contributed by atoms with Gasteiger partial charge in [0.05, 0.1) is 12.2 Å². The lowest BCUT2D eigenvalue weighted by molar-refractivity contribution is -0.203. The molecule has 33 heavy (non-hydrogen) atoms. The molecule has 0 aromatic carbocycles. The second kappa shape index (κ2) is 8.55. The highest BCUT2D eigenvalue weighted by molar-refractivity contribution is 5.13. The quantitative estimate of drug-likeness (QED) is 0.506.